The largest absolute Gasteiger partial charge is 0.312 e. The van der Waals surface area contributed by atoms with Gasteiger partial charge in [-0.1, -0.05) is 19.1 Å². The van der Waals surface area contributed by atoms with Crippen molar-refractivity contribution in [3.8, 4) is 0 Å². The fourth-order valence-electron chi connectivity index (χ4n) is 2.25. The van der Waals surface area contributed by atoms with Crippen LogP contribution < -0.4 is 5.32 Å². The number of nitrogens with one attached hydrogen (secondary N) is 1. The first-order valence-corrected chi connectivity index (χ1v) is 6.87. The van der Waals surface area contributed by atoms with Crippen LogP contribution in [0.2, 0.25) is 0 Å². The molecule has 0 saturated heterocycles. The molecule has 1 aromatic carbocycles. The average Bonchev–Trinajstić information content (AvgIpc) is 3.14. The highest BCUT2D eigenvalue weighted by Crippen LogP contribution is 2.19. The van der Waals surface area contributed by atoms with Gasteiger partial charge >= 0.3 is 0 Å². The highest BCUT2D eigenvalue weighted by Gasteiger charge is 2.22. The van der Waals surface area contributed by atoms with E-state index in [0.717, 1.165) is 31.1 Å². The Balaban J connectivity index is 1.85. The maximum absolute atomic E-state index is 13.1. The number of benzene rings is 1. The average molecular weight is 250 g/mol. The fourth-order valence-corrected chi connectivity index (χ4v) is 2.25. The zero-order chi connectivity index (χ0) is 13.0. The molecule has 0 spiro atoms. The molecule has 1 aliphatic rings. The van der Waals surface area contributed by atoms with Gasteiger partial charge in [-0.05, 0) is 44.0 Å². The van der Waals surface area contributed by atoms with Gasteiger partial charge in [-0.2, -0.15) is 0 Å². The minimum absolute atomic E-state index is 0.148. The van der Waals surface area contributed by atoms with Crippen LogP contribution in [0.25, 0.3) is 0 Å². The van der Waals surface area contributed by atoms with Crippen molar-refractivity contribution in [2.75, 3.05) is 13.6 Å². The second-order valence-corrected chi connectivity index (χ2v) is 5.29. The number of rotatable bonds is 7. The molecule has 2 nitrogen and oxygen atoms in total. The molecule has 3 heteroatoms. The van der Waals surface area contributed by atoms with Crippen LogP contribution >= 0.6 is 0 Å². The van der Waals surface area contributed by atoms with E-state index in [-0.39, 0.29) is 5.82 Å². The standard InChI is InChI=1S/C15H23FN2/c1-3-15(10-17-14-7-8-14)18(2)11-12-5-4-6-13(16)9-12/h4-6,9,14-15,17H,3,7-8,10-11H2,1-2H3. The second-order valence-electron chi connectivity index (χ2n) is 5.29. The van der Waals surface area contributed by atoms with Crippen LogP contribution in [-0.2, 0) is 6.54 Å². The molecule has 0 heterocycles. The molecule has 18 heavy (non-hydrogen) atoms. The first-order chi connectivity index (χ1) is 8.69. The molecule has 0 radical (unpaired) electrons. The van der Waals surface area contributed by atoms with Gasteiger partial charge in [0.05, 0.1) is 0 Å². The van der Waals surface area contributed by atoms with Crippen LogP contribution in [0.5, 0.6) is 0 Å². The molecule has 0 aromatic heterocycles. The van der Waals surface area contributed by atoms with Crippen LogP contribution in [0.4, 0.5) is 4.39 Å². The van der Waals surface area contributed by atoms with Gasteiger partial charge in [0.25, 0.3) is 0 Å². The van der Waals surface area contributed by atoms with Crippen molar-refractivity contribution in [2.24, 2.45) is 0 Å². The predicted octanol–water partition coefficient (Wildman–Crippen LogP) is 2.79. The molecule has 1 unspecified atom stereocenters. The molecule has 0 bridgehead atoms. The fraction of sp³-hybridized carbons (Fsp3) is 0.600. The van der Waals surface area contributed by atoms with Crippen molar-refractivity contribution in [1.29, 1.82) is 0 Å². The Kier molecular flexibility index (Phi) is 4.72. The van der Waals surface area contributed by atoms with Crippen LogP contribution in [0, 0.1) is 5.82 Å². The highest BCUT2D eigenvalue weighted by atomic mass is 19.1. The molecule has 1 saturated carbocycles. The maximum Gasteiger partial charge on any atom is 0.123 e. The van der Waals surface area contributed by atoms with Gasteiger partial charge in [0.2, 0.25) is 0 Å². The third kappa shape index (κ3) is 4.07. The van der Waals surface area contributed by atoms with Crippen LogP contribution in [-0.4, -0.2) is 30.6 Å². The summed E-state index contributed by atoms with van der Waals surface area (Å²) < 4.78 is 13.1. The summed E-state index contributed by atoms with van der Waals surface area (Å²) in [7, 11) is 2.12. The van der Waals surface area contributed by atoms with Crippen molar-refractivity contribution in [2.45, 2.75) is 44.8 Å². The predicted molar refractivity (Wildman–Crippen MR) is 73.0 cm³/mol. The molecule has 1 fully saturated rings. The maximum atomic E-state index is 13.1. The van der Waals surface area contributed by atoms with Crippen LogP contribution in [0.1, 0.15) is 31.7 Å². The number of hydrogen-bond donors (Lipinski definition) is 1. The lowest BCUT2D eigenvalue weighted by atomic mass is 10.1. The Hall–Kier alpha value is -0.930. The summed E-state index contributed by atoms with van der Waals surface area (Å²) in [6, 6.07) is 8.16. The first kappa shape index (κ1) is 13.5. The van der Waals surface area contributed by atoms with Crippen molar-refractivity contribution < 1.29 is 4.39 Å². The molecular formula is C15H23FN2. The molecule has 1 N–H and O–H groups in total. The van der Waals surface area contributed by atoms with E-state index >= 15 is 0 Å². The summed E-state index contributed by atoms with van der Waals surface area (Å²) in [4.78, 5) is 2.31. The van der Waals surface area contributed by atoms with E-state index < -0.39 is 0 Å². The molecular weight excluding hydrogens is 227 g/mol. The van der Waals surface area contributed by atoms with Gasteiger partial charge in [0.1, 0.15) is 5.82 Å². The summed E-state index contributed by atoms with van der Waals surface area (Å²) in [6.07, 6.45) is 3.76. The van der Waals surface area contributed by atoms with E-state index in [1.54, 1.807) is 12.1 Å². The molecule has 100 valence electrons. The first-order valence-electron chi connectivity index (χ1n) is 6.87. The van der Waals surface area contributed by atoms with E-state index in [1.807, 2.05) is 6.07 Å². The number of likely N-dealkylation sites (N-methyl/N-ethyl adjacent to an activating group) is 1. The van der Waals surface area contributed by atoms with Crippen LogP contribution in [0.3, 0.4) is 0 Å². The Morgan fingerprint density at radius 1 is 1.44 bits per heavy atom. The van der Waals surface area contributed by atoms with E-state index in [4.69, 9.17) is 0 Å². The molecule has 1 aromatic rings. The van der Waals surface area contributed by atoms with Gasteiger partial charge in [0.15, 0.2) is 0 Å². The summed E-state index contributed by atoms with van der Waals surface area (Å²) in [5.41, 5.74) is 1.04. The summed E-state index contributed by atoms with van der Waals surface area (Å²) >= 11 is 0. The monoisotopic (exact) mass is 250 g/mol. The van der Waals surface area contributed by atoms with Gasteiger partial charge in [-0.15, -0.1) is 0 Å². The van der Waals surface area contributed by atoms with Gasteiger partial charge in [-0.25, -0.2) is 4.39 Å². The Bertz CT molecular complexity index is 377. The topological polar surface area (TPSA) is 15.3 Å². The van der Waals surface area contributed by atoms with Gasteiger partial charge < -0.3 is 5.32 Å². The van der Waals surface area contributed by atoms with E-state index in [1.165, 1.54) is 18.9 Å². The Morgan fingerprint density at radius 2 is 2.22 bits per heavy atom. The SMILES string of the molecule is CCC(CNC1CC1)N(C)Cc1cccc(F)c1. The van der Waals surface area contributed by atoms with Crippen molar-refractivity contribution in [1.82, 2.24) is 10.2 Å². The Labute approximate surface area is 109 Å². The number of nitrogens with zero attached hydrogens (tertiary/aromatic N) is 1. The van der Waals surface area contributed by atoms with Crippen molar-refractivity contribution in [3.63, 3.8) is 0 Å². The zero-order valence-electron chi connectivity index (χ0n) is 11.3. The van der Waals surface area contributed by atoms with E-state index in [9.17, 15) is 4.39 Å². The van der Waals surface area contributed by atoms with Crippen molar-refractivity contribution in [3.05, 3.63) is 35.6 Å². The van der Waals surface area contributed by atoms with Crippen LogP contribution in [0.15, 0.2) is 24.3 Å². The molecule has 0 amide bonds. The summed E-state index contributed by atoms with van der Waals surface area (Å²) in [5, 5.41) is 3.57. The van der Waals surface area contributed by atoms with Gasteiger partial charge in [-0.3, -0.25) is 4.90 Å². The summed E-state index contributed by atoms with van der Waals surface area (Å²) in [5.74, 6) is -0.148. The van der Waals surface area contributed by atoms with E-state index in [2.05, 4.69) is 24.2 Å². The quantitative estimate of drug-likeness (QED) is 0.800. The third-order valence-corrected chi connectivity index (χ3v) is 3.64. The zero-order valence-corrected chi connectivity index (χ0v) is 11.3. The van der Waals surface area contributed by atoms with Gasteiger partial charge in [0, 0.05) is 25.2 Å². The smallest absolute Gasteiger partial charge is 0.123 e. The molecule has 1 aliphatic carbocycles. The highest BCUT2D eigenvalue weighted by molar-refractivity contribution is 5.16. The number of hydrogen-bond acceptors (Lipinski definition) is 2. The van der Waals surface area contributed by atoms with Crippen molar-refractivity contribution >= 4 is 0 Å². The molecule has 0 aliphatic heterocycles. The lowest BCUT2D eigenvalue weighted by molar-refractivity contribution is 0.221. The normalized spacial score (nSPS) is 17.1. The number of halogens is 1. The minimum atomic E-state index is -0.148. The molecule has 1 atom stereocenters. The lowest BCUT2D eigenvalue weighted by Gasteiger charge is -2.27. The second kappa shape index (κ2) is 6.30. The Morgan fingerprint density at radius 3 is 2.83 bits per heavy atom. The third-order valence-electron chi connectivity index (χ3n) is 3.64. The molecule has 2 rings (SSSR count). The van der Waals surface area contributed by atoms with E-state index in [0.29, 0.717) is 6.04 Å². The lowest BCUT2D eigenvalue weighted by Crippen LogP contribution is -2.40. The summed E-state index contributed by atoms with van der Waals surface area (Å²) in [6.45, 7) is 4.05. The minimum Gasteiger partial charge on any atom is -0.312 e.